The number of amides is 3. The van der Waals surface area contributed by atoms with Crippen LogP contribution in [0.3, 0.4) is 0 Å². The minimum absolute atomic E-state index is 0.0212. The van der Waals surface area contributed by atoms with Gasteiger partial charge in [0.15, 0.2) is 0 Å². The quantitative estimate of drug-likeness (QED) is 0.672. The van der Waals surface area contributed by atoms with Crippen LogP contribution in [-0.4, -0.2) is 18.0 Å². The van der Waals surface area contributed by atoms with Crippen molar-refractivity contribution in [1.29, 1.82) is 0 Å². The molecule has 148 valence electrons. The molecule has 1 saturated carbocycles. The van der Waals surface area contributed by atoms with Gasteiger partial charge in [0.2, 0.25) is 5.91 Å². The van der Waals surface area contributed by atoms with E-state index >= 15 is 0 Å². The zero-order valence-corrected chi connectivity index (χ0v) is 16.8. The first kappa shape index (κ1) is 19.9. The van der Waals surface area contributed by atoms with Gasteiger partial charge < -0.3 is 16.0 Å². The maximum absolute atomic E-state index is 12.2. The number of nitrogens with one attached hydrogen (secondary N) is 3. The summed E-state index contributed by atoms with van der Waals surface area (Å²) in [6.45, 7) is 6.57. The Morgan fingerprint density at radius 2 is 1.46 bits per heavy atom. The van der Waals surface area contributed by atoms with Crippen LogP contribution in [0.25, 0.3) is 0 Å². The van der Waals surface area contributed by atoms with E-state index in [0.29, 0.717) is 24.6 Å². The van der Waals surface area contributed by atoms with Gasteiger partial charge in [-0.25, -0.2) is 4.79 Å². The normalized spacial score (nSPS) is 13.7. The molecule has 1 aliphatic rings. The third-order valence-corrected chi connectivity index (χ3v) is 4.80. The number of carbonyl (C=O) groups is 2. The molecule has 0 aromatic heterocycles. The van der Waals surface area contributed by atoms with Crippen molar-refractivity contribution in [2.45, 2.75) is 57.9 Å². The number of hydrogen-bond donors (Lipinski definition) is 3. The maximum Gasteiger partial charge on any atom is 0.319 e. The Balaban J connectivity index is 1.44. The first-order valence-electron chi connectivity index (χ1n) is 9.86. The van der Waals surface area contributed by atoms with Crippen LogP contribution in [0.5, 0.6) is 0 Å². The lowest BCUT2D eigenvalue weighted by Crippen LogP contribution is -2.30. The summed E-state index contributed by atoms with van der Waals surface area (Å²) in [6, 6.07) is 15.8. The third-order valence-electron chi connectivity index (χ3n) is 4.80. The van der Waals surface area contributed by atoms with Gasteiger partial charge in [0.05, 0.1) is 0 Å². The summed E-state index contributed by atoms with van der Waals surface area (Å²) in [5.74, 6) is -0.0212. The molecule has 0 radical (unpaired) electrons. The number of aryl methyl sites for hydroxylation is 1. The van der Waals surface area contributed by atoms with E-state index in [0.717, 1.165) is 24.1 Å². The van der Waals surface area contributed by atoms with Gasteiger partial charge in [-0.1, -0.05) is 45.0 Å². The van der Waals surface area contributed by atoms with E-state index in [-0.39, 0.29) is 17.4 Å². The second-order valence-corrected chi connectivity index (χ2v) is 8.45. The molecule has 0 saturated heterocycles. The Bertz CT molecular complexity index is 816. The van der Waals surface area contributed by atoms with Crippen molar-refractivity contribution in [3.05, 3.63) is 59.7 Å². The average Bonchev–Trinajstić information content (AvgIpc) is 3.45. The predicted molar refractivity (Wildman–Crippen MR) is 114 cm³/mol. The van der Waals surface area contributed by atoms with Crippen molar-refractivity contribution >= 4 is 23.3 Å². The van der Waals surface area contributed by atoms with Crippen LogP contribution in [0.15, 0.2) is 48.5 Å². The topological polar surface area (TPSA) is 70.2 Å². The summed E-state index contributed by atoms with van der Waals surface area (Å²) in [5, 5.41) is 8.57. The molecule has 2 aromatic carbocycles. The fourth-order valence-electron chi connectivity index (χ4n) is 2.87. The molecule has 3 amide bonds. The Morgan fingerprint density at radius 3 is 2.00 bits per heavy atom. The summed E-state index contributed by atoms with van der Waals surface area (Å²) < 4.78 is 0. The minimum Gasteiger partial charge on any atom is -0.335 e. The molecule has 3 rings (SSSR count). The Labute approximate surface area is 166 Å². The van der Waals surface area contributed by atoms with Crippen LogP contribution in [0.2, 0.25) is 0 Å². The molecule has 28 heavy (non-hydrogen) atoms. The third kappa shape index (κ3) is 6.12. The van der Waals surface area contributed by atoms with Crippen molar-refractivity contribution in [3.8, 4) is 0 Å². The Hall–Kier alpha value is -2.82. The Kier molecular flexibility index (Phi) is 6.02. The van der Waals surface area contributed by atoms with Crippen LogP contribution in [0.4, 0.5) is 16.2 Å². The van der Waals surface area contributed by atoms with Gasteiger partial charge in [-0.15, -0.1) is 0 Å². The fourth-order valence-corrected chi connectivity index (χ4v) is 2.87. The molecule has 1 aliphatic carbocycles. The number of anilines is 2. The van der Waals surface area contributed by atoms with Gasteiger partial charge in [-0.3, -0.25) is 4.79 Å². The van der Waals surface area contributed by atoms with Gasteiger partial charge >= 0.3 is 6.03 Å². The monoisotopic (exact) mass is 379 g/mol. The molecule has 0 bridgehead atoms. The lowest BCUT2D eigenvalue weighted by atomic mass is 9.86. The number of carbonyl (C=O) groups excluding carboxylic acids is 2. The molecule has 1 fully saturated rings. The highest BCUT2D eigenvalue weighted by molar-refractivity contribution is 5.92. The molecule has 2 aromatic rings. The SMILES string of the molecule is CC(C)(C)c1ccc(CCC(=O)Nc2ccc(NC(=O)NC3CC3)cc2)cc1. The summed E-state index contributed by atoms with van der Waals surface area (Å²) in [4.78, 5) is 23.9. The molecular formula is C23H29N3O2. The van der Waals surface area contributed by atoms with Crippen molar-refractivity contribution < 1.29 is 9.59 Å². The Morgan fingerprint density at radius 1 is 0.893 bits per heavy atom. The molecule has 0 spiro atoms. The largest absolute Gasteiger partial charge is 0.335 e. The number of urea groups is 1. The molecule has 0 unspecified atom stereocenters. The summed E-state index contributed by atoms with van der Waals surface area (Å²) in [7, 11) is 0. The van der Waals surface area contributed by atoms with Crippen molar-refractivity contribution in [1.82, 2.24) is 5.32 Å². The molecule has 5 heteroatoms. The predicted octanol–water partition coefficient (Wildman–Crippen LogP) is 4.84. The zero-order chi connectivity index (χ0) is 20.1. The van der Waals surface area contributed by atoms with E-state index in [4.69, 9.17) is 0 Å². The second-order valence-electron chi connectivity index (χ2n) is 8.45. The van der Waals surface area contributed by atoms with E-state index < -0.39 is 0 Å². The first-order valence-corrected chi connectivity index (χ1v) is 9.86. The second kappa shape index (κ2) is 8.46. The zero-order valence-electron chi connectivity index (χ0n) is 16.8. The van der Waals surface area contributed by atoms with Crippen LogP contribution in [-0.2, 0) is 16.6 Å². The molecule has 0 aliphatic heterocycles. The van der Waals surface area contributed by atoms with Gasteiger partial charge in [0, 0.05) is 23.8 Å². The highest BCUT2D eigenvalue weighted by Crippen LogP contribution is 2.23. The molecule has 5 nitrogen and oxygen atoms in total. The van der Waals surface area contributed by atoms with Crippen molar-refractivity contribution in [2.24, 2.45) is 0 Å². The molecule has 3 N–H and O–H groups in total. The maximum atomic E-state index is 12.2. The summed E-state index contributed by atoms with van der Waals surface area (Å²) in [5.41, 5.74) is 4.01. The van der Waals surface area contributed by atoms with Gasteiger partial charge in [-0.05, 0) is 60.1 Å². The van der Waals surface area contributed by atoms with E-state index in [1.165, 1.54) is 5.56 Å². The fraction of sp³-hybridized carbons (Fsp3) is 0.391. The number of rotatable bonds is 6. The first-order chi connectivity index (χ1) is 13.3. The van der Waals surface area contributed by atoms with Crippen LogP contribution < -0.4 is 16.0 Å². The van der Waals surface area contributed by atoms with Gasteiger partial charge in [0.1, 0.15) is 0 Å². The van der Waals surface area contributed by atoms with Crippen molar-refractivity contribution in [2.75, 3.05) is 10.6 Å². The van der Waals surface area contributed by atoms with E-state index in [9.17, 15) is 9.59 Å². The summed E-state index contributed by atoms with van der Waals surface area (Å²) in [6.07, 6.45) is 3.24. The number of hydrogen-bond acceptors (Lipinski definition) is 2. The molecule has 0 atom stereocenters. The standard InChI is InChI=1S/C23H29N3O2/c1-23(2,3)17-7-4-16(5-8-17)6-15-21(27)24-18-9-11-19(12-10-18)25-22(28)26-20-13-14-20/h4-5,7-12,20H,6,13-15H2,1-3H3,(H,24,27)(H2,25,26,28). The van der Waals surface area contributed by atoms with E-state index in [1.54, 1.807) is 24.3 Å². The highest BCUT2D eigenvalue weighted by Gasteiger charge is 2.23. The van der Waals surface area contributed by atoms with Gasteiger partial charge in [-0.2, -0.15) is 0 Å². The lowest BCUT2D eigenvalue weighted by Gasteiger charge is -2.19. The number of benzene rings is 2. The van der Waals surface area contributed by atoms with E-state index in [1.807, 2.05) is 0 Å². The lowest BCUT2D eigenvalue weighted by molar-refractivity contribution is -0.116. The van der Waals surface area contributed by atoms with Crippen LogP contribution in [0, 0.1) is 0 Å². The highest BCUT2D eigenvalue weighted by atomic mass is 16.2. The summed E-state index contributed by atoms with van der Waals surface area (Å²) >= 11 is 0. The molecular weight excluding hydrogens is 350 g/mol. The molecule has 0 heterocycles. The van der Waals surface area contributed by atoms with E-state index in [2.05, 4.69) is 61.0 Å². The average molecular weight is 380 g/mol. The van der Waals surface area contributed by atoms with Crippen molar-refractivity contribution in [3.63, 3.8) is 0 Å². The minimum atomic E-state index is -0.184. The van der Waals surface area contributed by atoms with Gasteiger partial charge in [0.25, 0.3) is 0 Å². The van der Waals surface area contributed by atoms with Crippen LogP contribution >= 0.6 is 0 Å². The van der Waals surface area contributed by atoms with Crippen LogP contribution in [0.1, 0.15) is 51.2 Å². The smallest absolute Gasteiger partial charge is 0.319 e.